The molecule has 0 radical (unpaired) electrons. The van der Waals surface area contributed by atoms with E-state index >= 15 is 0 Å². The van der Waals surface area contributed by atoms with E-state index < -0.39 is 29.6 Å². The van der Waals surface area contributed by atoms with Crippen LogP contribution < -0.4 is 20.1 Å². The molecule has 2 aromatic rings. The van der Waals surface area contributed by atoms with Gasteiger partial charge in [-0.25, -0.2) is 0 Å². The molecule has 1 aromatic carbocycles. The molecule has 3 rings (SSSR count). The lowest BCUT2D eigenvalue weighted by atomic mass is 10.00. The van der Waals surface area contributed by atoms with Gasteiger partial charge in [-0.05, 0) is 38.0 Å². The first-order chi connectivity index (χ1) is 15.6. The fourth-order valence-corrected chi connectivity index (χ4v) is 3.92. The van der Waals surface area contributed by atoms with E-state index in [4.69, 9.17) is 9.47 Å². The van der Waals surface area contributed by atoms with Gasteiger partial charge in [0.05, 0.1) is 20.3 Å². The molecular weight excluding hydrogens is 444 g/mol. The molecule has 1 aliphatic rings. The van der Waals surface area contributed by atoms with Crippen LogP contribution in [0.2, 0.25) is 0 Å². The first-order valence-corrected chi connectivity index (χ1v) is 10.6. The predicted molar refractivity (Wildman–Crippen MR) is 117 cm³/mol. The standard InChI is InChI=1S/C22H28F4N4O3/c1-5-28(12-13-32-3)18-17(23)19(31)29-14-21(2,22(24,25)26)30(20(29)27-18)11-10-15-6-8-16(33-4)9-7-15/h6-9H,5,10-14H2,1-4H3/t21-/m0/s1. The van der Waals surface area contributed by atoms with Gasteiger partial charge in [0.15, 0.2) is 11.4 Å². The fraction of sp³-hybridized carbons (Fsp3) is 0.545. The third-order valence-electron chi connectivity index (χ3n) is 6.02. The number of halogens is 4. The molecule has 1 aliphatic heterocycles. The number of alkyl halides is 3. The summed E-state index contributed by atoms with van der Waals surface area (Å²) in [5.41, 5.74) is -2.74. The minimum absolute atomic E-state index is 0.0654. The van der Waals surface area contributed by atoms with Gasteiger partial charge in [-0.2, -0.15) is 22.5 Å². The quantitative estimate of drug-likeness (QED) is 0.523. The van der Waals surface area contributed by atoms with E-state index in [0.29, 0.717) is 12.3 Å². The highest BCUT2D eigenvalue weighted by Gasteiger charge is 2.60. The second kappa shape index (κ2) is 9.58. The van der Waals surface area contributed by atoms with Crippen LogP contribution in [0, 0.1) is 5.82 Å². The van der Waals surface area contributed by atoms with Crippen molar-refractivity contribution in [1.29, 1.82) is 0 Å². The van der Waals surface area contributed by atoms with Crippen LogP contribution in [-0.4, -0.2) is 61.7 Å². The highest BCUT2D eigenvalue weighted by molar-refractivity contribution is 5.51. The molecule has 1 aromatic heterocycles. The van der Waals surface area contributed by atoms with E-state index in [1.54, 1.807) is 31.2 Å². The Morgan fingerprint density at radius 1 is 1.21 bits per heavy atom. The highest BCUT2D eigenvalue weighted by Crippen LogP contribution is 2.43. The number of ether oxygens (including phenoxy) is 2. The minimum Gasteiger partial charge on any atom is -0.497 e. The van der Waals surface area contributed by atoms with Gasteiger partial charge in [-0.1, -0.05) is 12.1 Å². The topological polar surface area (TPSA) is 59.8 Å². The van der Waals surface area contributed by atoms with Crippen LogP contribution in [0.1, 0.15) is 19.4 Å². The van der Waals surface area contributed by atoms with Gasteiger partial charge < -0.3 is 19.3 Å². The lowest BCUT2D eigenvalue weighted by molar-refractivity contribution is -0.182. The Bertz CT molecular complexity index is 1030. The van der Waals surface area contributed by atoms with Crippen LogP contribution >= 0.6 is 0 Å². The molecule has 0 unspecified atom stereocenters. The number of rotatable bonds is 9. The molecule has 11 heteroatoms. The smallest absolute Gasteiger partial charge is 0.413 e. The normalized spacial score (nSPS) is 17.9. The lowest BCUT2D eigenvalue weighted by Gasteiger charge is -2.37. The summed E-state index contributed by atoms with van der Waals surface area (Å²) in [6.07, 6.45) is -4.41. The molecular formula is C22H28F4N4O3. The number of aromatic nitrogens is 2. The zero-order valence-corrected chi connectivity index (χ0v) is 19.1. The van der Waals surface area contributed by atoms with E-state index in [1.165, 1.54) is 19.1 Å². The van der Waals surface area contributed by atoms with Crippen molar-refractivity contribution >= 4 is 11.8 Å². The Hall–Kier alpha value is -2.82. The number of anilines is 2. The van der Waals surface area contributed by atoms with Crippen molar-refractivity contribution in [2.75, 3.05) is 50.3 Å². The first kappa shape index (κ1) is 24.8. The lowest BCUT2D eigenvalue weighted by Crippen LogP contribution is -2.56. The highest BCUT2D eigenvalue weighted by atomic mass is 19.4. The Labute approximate surface area is 189 Å². The van der Waals surface area contributed by atoms with E-state index in [9.17, 15) is 22.4 Å². The number of benzene rings is 1. The summed E-state index contributed by atoms with van der Waals surface area (Å²) in [6, 6.07) is 6.97. The fourth-order valence-electron chi connectivity index (χ4n) is 3.92. The average Bonchev–Trinajstić information content (AvgIpc) is 3.09. The molecule has 0 amide bonds. The van der Waals surface area contributed by atoms with Gasteiger partial charge in [0.2, 0.25) is 11.8 Å². The summed E-state index contributed by atoms with van der Waals surface area (Å²) in [5, 5.41) is 0. The molecule has 0 aliphatic carbocycles. The van der Waals surface area contributed by atoms with Crippen molar-refractivity contribution < 1.29 is 27.0 Å². The third kappa shape index (κ3) is 4.64. The largest absolute Gasteiger partial charge is 0.497 e. The van der Waals surface area contributed by atoms with Gasteiger partial charge in [0.1, 0.15) is 5.75 Å². The maximum absolute atomic E-state index is 14.9. The maximum atomic E-state index is 14.9. The summed E-state index contributed by atoms with van der Waals surface area (Å²) < 4.78 is 68.4. The summed E-state index contributed by atoms with van der Waals surface area (Å²) in [4.78, 5) is 19.5. The molecule has 1 atom stereocenters. The Kier molecular flexibility index (Phi) is 7.20. The molecule has 182 valence electrons. The van der Waals surface area contributed by atoms with E-state index in [1.807, 2.05) is 0 Å². The Balaban J connectivity index is 2.03. The minimum atomic E-state index is -4.68. The molecule has 0 saturated heterocycles. The average molecular weight is 472 g/mol. The molecule has 7 nitrogen and oxygen atoms in total. The van der Waals surface area contributed by atoms with Crippen LogP contribution in [0.15, 0.2) is 29.1 Å². The molecule has 0 spiro atoms. The van der Waals surface area contributed by atoms with Crippen molar-refractivity contribution in [2.45, 2.75) is 38.5 Å². The molecule has 33 heavy (non-hydrogen) atoms. The number of fused-ring (bicyclic) bond motifs is 1. The number of hydrogen-bond acceptors (Lipinski definition) is 6. The number of methoxy groups -OCH3 is 2. The van der Waals surface area contributed by atoms with Gasteiger partial charge in [0.25, 0.3) is 5.56 Å². The van der Waals surface area contributed by atoms with E-state index in [-0.39, 0.29) is 37.9 Å². The van der Waals surface area contributed by atoms with Crippen molar-refractivity contribution in [2.24, 2.45) is 0 Å². The SMILES string of the molecule is CCN(CCOC)c1nc2n(c(=O)c1F)C[C@@](C)(C(F)(F)F)N2CCc1ccc(OC)cc1. The number of nitrogens with zero attached hydrogens (tertiary/aromatic N) is 4. The molecule has 0 fully saturated rings. The zero-order chi connectivity index (χ0) is 24.4. The predicted octanol–water partition coefficient (Wildman–Crippen LogP) is 3.25. The number of hydrogen-bond donors (Lipinski definition) is 0. The van der Waals surface area contributed by atoms with Gasteiger partial charge in [0, 0.05) is 26.7 Å². The number of likely N-dealkylation sites (N-methyl/N-ethyl adjacent to an activating group) is 1. The van der Waals surface area contributed by atoms with E-state index in [2.05, 4.69) is 4.98 Å². The van der Waals surface area contributed by atoms with Crippen LogP contribution in [-0.2, 0) is 17.7 Å². The maximum Gasteiger partial charge on any atom is 0.413 e. The molecule has 0 saturated carbocycles. The summed E-state index contributed by atoms with van der Waals surface area (Å²) in [6.45, 7) is 2.74. The summed E-state index contributed by atoms with van der Waals surface area (Å²) >= 11 is 0. The van der Waals surface area contributed by atoms with Gasteiger partial charge >= 0.3 is 6.18 Å². The van der Waals surface area contributed by atoms with Crippen molar-refractivity contribution in [3.63, 3.8) is 0 Å². The summed E-state index contributed by atoms with van der Waals surface area (Å²) in [5.74, 6) is -1.00. The third-order valence-corrected chi connectivity index (χ3v) is 6.02. The molecule has 0 bridgehead atoms. The Morgan fingerprint density at radius 2 is 1.88 bits per heavy atom. The second-order valence-electron chi connectivity index (χ2n) is 8.03. The van der Waals surface area contributed by atoms with Gasteiger partial charge in [-0.3, -0.25) is 9.36 Å². The first-order valence-electron chi connectivity index (χ1n) is 10.6. The second-order valence-corrected chi connectivity index (χ2v) is 8.03. The zero-order valence-electron chi connectivity index (χ0n) is 19.1. The summed E-state index contributed by atoms with van der Waals surface area (Å²) in [7, 11) is 3.00. The monoisotopic (exact) mass is 472 g/mol. The van der Waals surface area contributed by atoms with Crippen molar-refractivity contribution in [1.82, 2.24) is 9.55 Å². The van der Waals surface area contributed by atoms with Gasteiger partial charge in [-0.15, -0.1) is 0 Å². The molecule has 0 N–H and O–H groups in total. The van der Waals surface area contributed by atoms with E-state index in [0.717, 1.165) is 22.0 Å². The Morgan fingerprint density at radius 3 is 2.42 bits per heavy atom. The van der Waals surface area contributed by atoms with Crippen LogP contribution in [0.3, 0.4) is 0 Å². The van der Waals surface area contributed by atoms with Crippen LogP contribution in [0.25, 0.3) is 0 Å². The van der Waals surface area contributed by atoms with Crippen LogP contribution in [0.4, 0.5) is 29.3 Å². The van der Waals surface area contributed by atoms with Crippen LogP contribution in [0.5, 0.6) is 5.75 Å². The molecule has 2 heterocycles. The van der Waals surface area contributed by atoms with Crippen molar-refractivity contribution in [3.05, 3.63) is 46.0 Å². The van der Waals surface area contributed by atoms with Crippen molar-refractivity contribution in [3.8, 4) is 5.75 Å².